The molecule has 2 aromatic rings. The van der Waals surface area contributed by atoms with Crippen LogP contribution in [0.5, 0.6) is 0 Å². The van der Waals surface area contributed by atoms with E-state index in [1.165, 1.54) is 18.2 Å². The van der Waals surface area contributed by atoms with Crippen molar-refractivity contribution in [1.82, 2.24) is 14.7 Å². The van der Waals surface area contributed by atoms with Gasteiger partial charge in [-0.15, -0.1) is 0 Å². The Morgan fingerprint density at radius 3 is 2.73 bits per heavy atom. The topological polar surface area (TPSA) is 81.2 Å². The molecule has 1 aromatic carbocycles. The van der Waals surface area contributed by atoms with E-state index in [0.29, 0.717) is 17.7 Å². The Labute approximate surface area is 151 Å². The van der Waals surface area contributed by atoms with E-state index in [1.54, 1.807) is 41.9 Å². The fraction of sp³-hybridized carbons (Fsp3) is 0.316. The number of halogens is 1. The number of hydrogen-bond acceptors (Lipinski definition) is 3. The van der Waals surface area contributed by atoms with Crippen LogP contribution in [0, 0.1) is 11.7 Å². The van der Waals surface area contributed by atoms with E-state index < -0.39 is 11.8 Å². The minimum absolute atomic E-state index is 0.173. The minimum Gasteiger partial charge on any atom is -0.369 e. The van der Waals surface area contributed by atoms with Crippen LogP contribution in [0.2, 0.25) is 0 Å². The number of likely N-dealkylation sites (tertiary alicyclic amines) is 1. The van der Waals surface area contributed by atoms with E-state index in [9.17, 15) is 14.0 Å². The van der Waals surface area contributed by atoms with E-state index >= 15 is 0 Å². The number of carbonyl (C=O) groups is 2. The van der Waals surface area contributed by atoms with Crippen LogP contribution >= 0.6 is 0 Å². The normalized spacial score (nSPS) is 20.4. The number of hydrogen-bond donors (Lipinski definition) is 1. The fourth-order valence-electron chi connectivity index (χ4n) is 3.34. The summed E-state index contributed by atoms with van der Waals surface area (Å²) in [4.78, 5) is 26.1. The summed E-state index contributed by atoms with van der Waals surface area (Å²) < 4.78 is 15.0. The first-order chi connectivity index (χ1) is 12.3. The summed E-state index contributed by atoms with van der Waals surface area (Å²) in [5.74, 6) is -1.63. The molecule has 0 bridgehead atoms. The van der Waals surface area contributed by atoms with Gasteiger partial charge in [-0.3, -0.25) is 14.3 Å². The van der Waals surface area contributed by atoms with Gasteiger partial charge in [-0.25, -0.2) is 4.39 Å². The van der Waals surface area contributed by atoms with E-state index in [4.69, 9.17) is 5.73 Å². The van der Waals surface area contributed by atoms with Gasteiger partial charge in [-0.1, -0.05) is 12.1 Å². The standard InChI is InChI=1S/C19H21FN4O2/c1-12(13-4-3-5-15(20)7-13)6-18(25)24-10-16(17(11-24)19(21)26)14-8-22-23(2)9-14/h3-9,16-17H,10-11H2,1-2H3,(H2,21,26)/b12-6+/t16-,17+/m1/s1. The molecule has 0 spiro atoms. The van der Waals surface area contributed by atoms with Gasteiger partial charge in [0.2, 0.25) is 11.8 Å². The lowest BCUT2D eigenvalue weighted by molar-refractivity contribution is -0.125. The summed E-state index contributed by atoms with van der Waals surface area (Å²) in [5, 5.41) is 4.13. The maximum absolute atomic E-state index is 13.4. The third-order valence-corrected chi connectivity index (χ3v) is 4.77. The predicted octanol–water partition coefficient (Wildman–Crippen LogP) is 1.69. The molecule has 2 N–H and O–H groups in total. The Morgan fingerprint density at radius 2 is 2.12 bits per heavy atom. The number of benzene rings is 1. The Bertz CT molecular complexity index is 874. The first kappa shape index (κ1) is 17.8. The number of rotatable bonds is 4. The Morgan fingerprint density at radius 1 is 1.35 bits per heavy atom. The monoisotopic (exact) mass is 356 g/mol. The zero-order valence-corrected chi connectivity index (χ0v) is 14.7. The summed E-state index contributed by atoms with van der Waals surface area (Å²) >= 11 is 0. The molecule has 1 aliphatic rings. The van der Waals surface area contributed by atoms with E-state index in [1.807, 2.05) is 6.20 Å². The summed E-state index contributed by atoms with van der Waals surface area (Å²) in [7, 11) is 1.80. The Balaban J connectivity index is 1.80. The van der Waals surface area contributed by atoms with Crippen molar-refractivity contribution in [2.75, 3.05) is 13.1 Å². The molecule has 1 aliphatic heterocycles. The second kappa shape index (κ2) is 7.11. The highest BCUT2D eigenvalue weighted by Gasteiger charge is 2.39. The average molecular weight is 356 g/mol. The molecule has 3 rings (SSSR count). The van der Waals surface area contributed by atoms with E-state index in [-0.39, 0.29) is 24.2 Å². The average Bonchev–Trinajstić information content (AvgIpc) is 3.21. The zero-order chi connectivity index (χ0) is 18.8. The molecule has 26 heavy (non-hydrogen) atoms. The van der Waals surface area contributed by atoms with Crippen LogP contribution in [-0.2, 0) is 16.6 Å². The summed E-state index contributed by atoms with van der Waals surface area (Å²) in [5.41, 5.74) is 7.74. The highest BCUT2D eigenvalue weighted by Crippen LogP contribution is 2.32. The number of allylic oxidation sites excluding steroid dienone is 1. The first-order valence-electron chi connectivity index (χ1n) is 8.36. The quantitative estimate of drug-likeness (QED) is 0.847. The highest BCUT2D eigenvalue weighted by molar-refractivity contribution is 5.95. The van der Waals surface area contributed by atoms with Gasteiger partial charge in [0, 0.05) is 38.3 Å². The number of aryl methyl sites for hydroxylation is 1. The summed E-state index contributed by atoms with van der Waals surface area (Å²) in [6.07, 6.45) is 5.00. The van der Waals surface area contributed by atoms with Gasteiger partial charge in [0.05, 0.1) is 12.1 Å². The molecule has 1 fully saturated rings. The SMILES string of the molecule is C/C(=C\C(=O)N1C[C@H](C(N)=O)[C@@H](c2cnn(C)c2)C1)c1cccc(F)c1. The second-order valence-corrected chi connectivity index (χ2v) is 6.64. The predicted molar refractivity (Wildman–Crippen MR) is 95.3 cm³/mol. The van der Waals surface area contributed by atoms with Crippen LogP contribution in [0.25, 0.3) is 5.57 Å². The highest BCUT2D eigenvalue weighted by atomic mass is 19.1. The maximum Gasteiger partial charge on any atom is 0.246 e. The molecule has 0 unspecified atom stereocenters. The number of nitrogens with zero attached hydrogens (tertiary/aromatic N) is 3. The minimum atomic E-state index is -0.453. The van der Waals surface area contributed by atoms with Gasteiger partial charge in [-0.2, -0.15) is 5.10 Å². The van der Waals surface area contributed by atoms with Crippen molar-refractivity contribution < 1.29 is 14.0 Å². The van der Waals surface area contributed by atoms with Crippen LogP contribution in [0.3, 0.4) is 0 Å². The van der Waals surface area contributed by atoms with E-state index in [2.05, 4.69) is 5.10 Å². The van der Waals surface area contributed by atoms with Crippen LogP contribution in [0.4, 0.5) is 4.39 Å². The molecule has 1 saturated heterocycles. The number of primary amides is 1. The smallest absolute Gasteiger partial charge is 0.246 e. The molecule has 2 heterocycles. The van der Waals surface area contributed by atoms with Crippen molar-refractivity contribution >= 4 is 17.4 Å². The third kappa shape index (κ3) is 3.66. The molecule has 2 atom stereocenters. The fourth-order valence-corrected chi connectivity index (χ4v) is 3.34. The molecule has 2 amide bonds. The van der Waals surface area contributed by atoms with Crippen LogP contribution in [-0.4, -0.2) is 39.6 Å². The van der Waals surface area contributed by atoms with Crippen molar-refractivity contribution in [2.45, 2.75) is 12.8 Å². The lowest BCUT2D eigenvalue weighted by Crippen LogP contribution is -2.31. The molecule has 0 saturated carbocycles. The molecule has 6 nitrogen and oxygen atoms in total. The summed E-state index contributed by atoms with van der Waals surface area (Å²) in [6.45, 7) is 2.42. The lowest BCUT2D eigenvalue weighted by Gasteiger charge is -2.14. The van der Waals surface area contributed by atoms with Crippen molar-refractivity contribution in [3.8, 4) is 0 Å². The van der Waals surface area contributed by atoms with Crippen LogP contribution < -0.4 is 5.73 Å². The van der Waals surface area contributed by atoms with Gasteiger partial charge < -0.3 is 10.6 Å². The van der Waals surface area contributed by atoms with Crippen molar-refractivity contribution in [1.29, 1.82) is 0 Å². The molecule has 0 aliphatic carbocycles. The van der Waals surface area contributed by atoms with Gasteiger partial charge in [0.25, 0.3) is 0 Å². The van der Waals surface area contributed by atoms with Gasteiger partial charge in [0.15, 0.2) is 0 Å². The number of aromatic nitrogens is 2. The van der Waals surface area contributed by atoms with Gasteiger partial charge >= 0.3 is 0 Å². The Hall–Kier alpha value is -2.96. The number of carbonyl (C=O) groups excluding carboxylic acids is 2. The molecule has 1 aromatic heterocycles. The third-order valence-electron chi connectivity index (χ3n) is 4.77. The molecular weight excluding hydrogens is 335 g/mol. The van der Waals surface area contributed by atoms with Crippen molar-refractivity contribution in [2.24, 2.45) is 18.7 Å². The summed E-state index contributed by atoms with van der Waals surface area (Å²) in [6, 6.07) is 6.09. The lowest BCUT2D eigenvalue weighted by atomic mass is 9.90. The van der Waals surface area contributed by atoms with Gasteiger partial charge in [-0.05, 0) is 35.8 Å². The molecule has 136 valence electrons. The zero-order valence-electron chi connectivity index (χ0n) is 14.7. The largest absolute Gasteiger partial charge is 0.369 e. The molecule has 7 heteroatoms. The van der Waals surface area contributed by atoms with Crippen molar-refractivity contribution in [3.05, 3.63) is 59.7 Å². The van der Waals surface area contributed by atoms with Crippen LogP contribution in [0.15, 0.2) is 42.7 Å². The molecule has 0 radical (unpaired) electrons. The van der Waals surface area contributed by atoms with Gasteiger partial charge in [0.1, 0.15) is 5.82 Å². The maximum atomic E-state index is 13.4. The second-order valence-electron chi connectivity index (χ2n) is 6.64. The number of amides is 2. The van der Waals surface area contributed by atoms with Crippen LogP contribution in [0.1, 0.15) is 24.0 Å². The van der Waals surface area contributed by atoms with Crippen molar-refractivity contribution in [3.63, 3.8) is 0 Å². The number of nitrogens with two attached hydrogens (primary N) is 1. The molecular formula is C19H21FN4O2. The Kier molecular flexibility index (Phi) is 4.88. The first-order valence-corrected chi connectivity index (χ1v) is 8.36. The van der Waals surface area contributed by atoms with E-state index in [0.717, 1.165) is 5.56 Å².